The number of amides is 3. The largest absolute Gasteiger partial charge is 0.497 e. The molecule has 1 aliphatic heterocycles. The SMILES string of the molecule is COc1cccc(C(=O)CN(C(=O)c2cccc([N+](=O)[O-])c2)N2C(=O)[C@@H]3[C@H]4C[C@@H]([C@H](Br)[C@H]4Br)[C@H]3C2=O)c1. The molecule has 2 aromatic rings. The molecular weight excluding hydrogens is 614 g/mol. The Labute approximate surface area is 228 Å². The molecule has 0 spiro atoms. The van der Waals surface area contributed by atoms with Gasteiger partial charge in [0.25, 0.3) is 23.4 Å². The van der Waals surface area contributed by atoms with Crippen LogP contribution in [0.15, 0.2) is 48.5 Å². The van der Waals surface area contributed by atoms with E-state index in [0.717, 1.165) is 16.1 Å². The molecular formula is C25H21Br2N3O7. The number of nitro benzene ring substituents is 1. The topological polar surface area (TPSA) is 127 Å². The molecule has 5 rings (SSSR count). The summed E-state index contributed by atoms with van der Waals surface area (Å²) in [6.07, 6.45) is 0.702. The maximum absolute atomic E-state index is 13.7. The number of nitrogens with zero attached hydrogens (tertiary/aromatic N) is 3. The van der Waals surface area contributed by atoms with Crippen LogP contribution in [0.1, 0.15) is 27.1 Å². The Hall–Kier alpha value is -3.12. The fourth-order valence-electron chi connectivity index (χ4n) is 5.73. The number of alkyl halides is 2. The number of ether oxygens (including phenoxy) is 1. The molecule has 3 amide bonds. The summed E-state index contributed by atoms with van der Waals surface area (Å²) in [4.78, 5) is 64.9. The van der Waals surface area contributed by atoms with Crippen molar-refractivity contribution in [2.75, 3.05) is 13.7 Å². The molecule has 37 heavy (non-hydrogen) atoms. The Morgan fingerprint density at radius 3 is 2.22 bits per heavy atom. The standard InChI is InChI=1S/C25H21Br2N3O7/c1-37-15-7-3-4-12(9-15)18(31)11-28(23(32)13-5-2-6-14(8-13)30(35)36)29-24(33)19-16-10-17(20(19)25(29)34)22(27)21(16)26/h2-9,16-17,19-22H,10-11H2,1H3/t16-,17-,19-,20-,21+,22+/m1/s1. The number of hydrogen-bond acceptors (Lipinski definition) is 7. The number of halogens is 2. The molecule has 0 aromatic heterocycles. The molecule has 12 heteroatoms. The van der Waals surface area contributed by atoms with E-state index < -0.39 is 46.8 Å². The first-order valence-corrected chi connectivity index (χ1v) is 13.4. The van der Waals surface area contributed by atoms with Crippen molar-refractivity contribution in [3.8, 4) is 5.75 Å². The van der Waals surface area contributed by atoms with Crippen molar-refractivity contribution in [2.24, 2.45) is 23.7 Å². The zero-order valence-corrected chi connectivity index (χ0v) is 22.6. The minimum absolute atomic E-state index is 0.00482. The van der Waals surface area contributed by atoms with Gasteiger partial charge in [-0.25, -0.2) is 5.01 Å². The second-order valence-corrected chi connectivity index (χ2v) is 11.4. The number of fused-ring (bicyclic) bond motifs is 5. The highest BCUT2D eigenvalue weighted by molar-refractivity contribution is 9.12. The molecule has 3 fully saturated rings. The maximum atomic E-state index is 13.7. The van der Waals surface area contributed by atoms with Gasteiger partial charge >= 0.3 is 0 Å². The van der Waals surface area contributed by atoms with Gasteiger partial charge in [0.05, 0.1) is 23.9 Å². The molecule has 6 atom stereocenters. The molecule has 2 aliphatic carbocycles. The number of carbonyl (C=O) groups excluding carboxylic acids is 4. The van der Waals surface area contributed by atoms with Crippen LogP contribution in [-0.2, 0) is 9.59 Å². The lowest BCUT2D eigenvalue weighted by Crippen LogP contribution is -2.52. The second kappa shape index (κ2) is 9.64. The molecule has 0 unspecified atom stereocenters. The smallest absolute Gasteiger partial charge is 0.273 e. The van der Waals surface area contributed by atoms with E-state index in [1.165, 1.54) is 37.4 Å². The van der Waals surface area contributed by atoms with Gasteiger partial charge in [0.1, 0.15) is 12.3 Å². The highest BCUT2D eigenvalue weighted by Gasteiger charge is 2.67. The minimum Gasteiger partial charge on any atom is -0.497 e. The van der Waals surface area contributed by atoms with Crippen LogP contribution in [0.3, 0.4) is 0 Å². The number of carbonyl (C=O) groups is 4. The van der Waals surface area contributed by atoms with Crippen LogP contribution in [0, 0.1) is 33.8 Å². The average molecular weight is 635 g/mol. The summed E-state index contributed by atoms with van der Waals surface area (Å²) < 4.78 is 5.17. The lowest BCUT2D eigenvalue weighted by molar-refractivity contribution is -0.384. The number of rotatable bonds is 7. The Kier molecular flexibility index (Phi) is 6.65. The third kappa shape index (κ3) is 4.15. The molecule has 1 heterocycles. The van der Waals surface area contributed by atoms with Gasteiger partial charge in [-0.15, -0.1) is 0 Å². The Bertz CT molecular complexity index is 1300. The molecule has 2 bridgehead atoms. The van der Waals surface area contributed by atoms with Crippen LogP contribution in [0.2, 0.25) is 0 Å². The van der Waals surface area contributed by atoms with E-state index in [9.17, 15) is 29.3 Å². The monoisotopic (exact) mass is 633 g/mol. The molecule has 1 saturated heterocycles. The minimum atomic E-state index is -0.861. The first kappa shape index (κ1) is 25.5. The number of non-ortho nitro benzene ring substituents is 1. The van der Waals surface area contributed by atoms with E-state index >= 15 is 0 Å². The van der Waals surface area contributed by atoms with Crippen LogP contribution < -0.4 is 4.74 Å². The fourth-order valence-corrected chi connectivity index (χ4v) is 7.60. The predicted molar refractivity (Wildman–Crippen MR) is 137 cm³/mol. The average Bonchev–Trinajstić information content (AvgIpc) is 3.51. The van der Waals surface area contributed by atoms with E-state index in [1.54, 1.807) is 12.1 Å². The van der Waals surface area contributed by atoms with Crippen molar-refractivity contribution < 1.29 is 28.8 Å². The zero-order valence-electron chi connectivity index (χ0n) is 19.5. The van der Waals surface area contributed by atoms with E-state index in [1.807, 2.05) is 0 Å². The summed E-state index contributed by atoms with van der Waals surface area (Å²) in [6, 6.07) is 11.3. The van der Waals surface area contributed by atoms with Crippen molar-refractivity contribution in [3.05, 3.63) is 69.8 Å². The molecule has 10 nitrogen and oxygen atoms in total. The highest BCUT2D eigenvalue weighted by atomic mass is 79.9. The Morgan fingerprint density at radius 2 is 1.62 bits per heavy atom. The molecule has 2 saturated carbocycles. The molecule has 0 radical (unpaired) electrons. The molecule has 192 valence electrons. The number of Topliss-reactive ketones (excluding diaryl/α,β-unsaturated/α-hetero) is 1. The summed E-state index contributed by atoms with van der Waals surface area (Å²) in [6.45, 7) is -0.615. The van der Waals surface area contributed by atoms with E-state index in [4.69, 9.17) is 4.74 Å². The van der Waals surface area contributed by atoms with Crippen LogP contribution >= 0.6 is 31.9 Å². The Morgan fingerprint density at radius 1 is 1.03 bits per heavy atom. The molecule has 0 N–H and O–H groups in total. The molecule has 3 aliphatic rings. The number of hydrogen-bond donors (Lipinski definition) is 0. The van der Waals surface area contributed by atoms with E-state index in [-0.39, 0.29) is 38.3 Å². The van der Waals surface area contributed by atoms with Gasteiger partial charge in [-0.2, -0.15) is 5.01 Å². The predicted octanol–water partition coefficient (Wildman–Crippen LogP) is 3.62. The van der Waals surface area contributed by atoms with Crippen molar-refractivity contribution in [3.63, 3.8) is 0 Å². The van der Waals surface area contributed by atoms with E-state index in [0.29, 0.717) is 12.2 Å². The first-order chi connectivity index (χ1) is 17.6. The third-order valence-corrected chi connectivity index (χ3v) is 10.6. The first-order valence-electron chi connectivity index (χ1n) is 11.5. The van der Waals surface area contributed by atoms with E-state index in [2.05, 4.69) is 31.9 Å². The zero-order chi connectivity index (χ0) is 26.6. The van der Waals surface area contributed by atoms with Gasteiger partial charge in [-0.1, -0.05) is 50.1 Å². The van der Waals surface area contributed by atoms with Gasteiger partial charge < -0.3 is 4.74 Å². The summed E-state index contributed by atoms with van der Waals surface area (Å²) in [5, 5.41) is 12.9. The summed E-state index contributed by atoms with van der Waals surface area (Å²) >= 11 is 7.27. The number of methoxy groups -OCH3 is 1. The lowest BCUT2D eigenvalue weighted by Gasteiger charge is -2.30. The number of imide groups is 1. The third-order valence-electron chi connectivity index (χ3n) is 7.43. The number of nitro groups is 1. The quantitative estimate of drug-likeness (QED) is 0.150. The van der Waals surface area contributed by atoms with Crippen molar-refractivity contribution in [2.45, 2.75) is 16.1 Å². The van der Waals surface area contributed by atoms with Crippen LogP contribution in [0.25, 0.3) is 0 Å². The highest BCUT2D eigenvalue weighted by Crippen LogP contribution is 2.60. The van der Waals surface area contributed by atoms with Gasteiger partial charge in [0.2, 0.25) is 0 Å². The number of ketones is 1. The second-order valence-electron chi connectivity index (χ2n) is 9.32. The van der Waals surface area contributed by atoms with Crippen LogP contribution in [-0.4, -0.2) is 61.8 Å². The van der Waals surface area contributed by atoms with Crippen LogP contribution in [0.5, 0.6) is 5.75 Å². The van der Waals surface area contributed by atoms with Crippen molar-refractivity contribution in [1.82, 2.24) is 10.0 Å². The summed E-state index contributed by atoms with van der Waals surface area (Å²) in [7, 11) is 1.45. The van der Waals surface area contributed by atoms with Gasteiger partial charge in [0.15, 0.2) is 5.78 Å². The number of hydrazine groups is 1. The normalized spacial score (nSPS) is 27.8. The van der Waals surface area contributed by atoms with Gasteiger partial charge in [-0.3, -0.25) is 29.3 Å². The summed E-state index contributed by atoms with van der Waals surface area (Å²) in [5.74, 6) is -3.45. The lowest BCUT2D eigenvalue weighted by atomic mass is 9.81. The Balaban J connectivity index is 1.53. The fraction of sp³-hybridized carbons (Fsp3) is 0.360. The van der Waals surface area contributed by atoms with Gasteiger partial charge in [-0.05, 0) is 36.5 Å². The van der Waals surface area contributed by atoms with Crippen molar-refractivity contribution >= 4 is 61.1 Å². The summed E-state index contributed by atoms with van der Waals surface area (Å²) in [5.41, 5.74) is -0.232. The number of benzene rings is 2. The molecule has 2 aromatic carbocycles. The van der Waals surface area contributed by atoms with Crippen LogP contribution in [0.4, 0.5) is 5.69 Å². The van der Waals surface area contributed by atoms with Gasteiger partial charge in [0, 0.05) is 32.9 Å². The maximum Gasteiger partial charge on any atom is 0.273 e. The van der Waals surface area contributed by atoms with Crippen molar-refractivity contribution in [1.29, 1.82) is 0 Å².